The summed E-state index contributed by atoms with van der Waals surface area (Å²) in [5, 5.41) is 0. The first kappa shape index (κ1) is 12.1. The Hall–Kier alpha value is -1.96. The Balaban J connectivity index is 2.00. The number of ether oxygens (including phenoxy) is 1. The van der Waals surface area contributed by atoms with Crippen LogP contribution in [0.2, 0.25) is 0 Å². The number of rotatable bonds is 1. The summed E-state index contributed by atoms with van der Waals surface area (Å²) in [6, 6.07) is 2.10. The molecule has 0 amide bonds. The molecular formula is C17H19NO. The van der Waals surface area contributed by atoms with Crippen LogP contribution >= 0.6 is 0 Å². The molecule has 0 saturated heterocycles. The van der Waals surface area contributed by atoms with Crippen molar-refractivity contribution in [3.05, 3.63) is 59.2 Å². The van der Waals surface area contributed by atoms with Gasteiger partial charge in [0.05, 0.1) is 5.69 Å². The summed E-state index contributed by atoms with van der Waals surface area (Å²) in [4.78, 5) is 3.42. The van der Waals surface area contributed by atoms with Crippen LogP contribution in [0.15, 0.2) is 47.8 Å². The highest BCUT2D eigenvalue weighted by Gasteiger charge is 2.16. The fourth-order valence-corrected chi connectivity index (χ4v) is 2.25. The zero-order valence-corrected chi connectivity index (χ0v) is 11.6. The van der Waals surface area contributed by atoms with Gasteiger partial charge in [-0.25, -0.2) is 0 Å². The summed E-state index contributed by atoms with van der Waals surface area (Å²) in [5.74, 6) is 2.75. The Morgan fingerprint density at radius 2 is 1.89 bits per heavy atom. The number of hydrogen-bond acceptors (Lipinski definition) is 1. The van der Waals surface area contributed by atoms with Gasteiger partial charge in [0, 0.05) is 17.3 Å². The van der Waals surface area contributed by atoms with Crippen molar-refractivity contribution in [3.63, 3.8) is 0 Å². The Kier molecular flexibility index (Phi) is 2.94. The molecule has 0 bridgehead atoms. The van der Waals surface area contributed by atoms with Gasteiger partial charge in [-0.1, -0.05) is 39.0 Å². The molecule has 0 aromatic carbocycles. The molecule has 1 unspecified atom stereocenters. The van der Waals surface area contributed by atoms with Crippen molar-refractivity contribution in [2.45, 2.75) is 26.7 Å². The predicted molar refractivity (Wildman–Crippen MR) is 79.0 cm³/mol. The lowest BCUT2D eigenvalue weighted by molar-refractivity contribution is 0.442. The number of H-pyrrole nitrogens is 1. The van der Waals surface area contributed by atoms with E-state index in [1.54, 1.807) is 0 Å². The van der Waals surface area contributed by atoms with Crippen molar-refractivity contribution in [1.82, 2.24) is 4.98 Å². The van der Waals surface area contributed by atoms with Gasteiger partial charge >= 0.3 is 0 Å². The molecule has 1 aliphatic carbocycles. The van der Waals surface area contributed by atoms with Crippen molar-refractivity contribution in [2.24, 2.45) is 5.92 Å². The molecule has 0 saturated carbocycles. The molecule has 98 valence electrons. The van der Waals surface area contributed by atoms with Crippen molar-refractivity contribution in [2.75, 3.05) is 0 Å². The van der Waals surface area contributed by atoms with Crippen LogP contribution in [0.3, 0.4) is 0 Å². The molecule has 2 nitrogen and oxygen atoms in total. The second-order valence-electron chi connectivity index (χ2n) is 5.49. The van der Waals surface area contributed by atoms with Crippen molar-refractivity contribution in [3.8, 4) is 5.75 Å². The third-order valence-electron chi connectivity index (χ3n) is 3.52. The highest BCUT2D eigenvalue weighted by molar-refractivity contribution is 5.63. The van der Waals surface area contributed by atoms with Crippen LogP contribution in [0.4, 0.5) is 0 Å². The largest absolute Gasteiger partial charge is 0.454 e. The van der Waals surface area contributed by atoms with Gasteiger partial charge in [0.2, 0.25) is 0 Å². The van der Waals surface area contributed by atoms with Crippen LogP contribution in [0, 0.1) is 5.92 Å². The molecule has 2 heterocycles. The molecule has 2 heteroatoms. The summed E-state index contributed by atoms with van der Waals surface area (Å²) in [5.41, 5.74) is 3.38. The highest BCUT2D eigenvalue weighted by Crippen LogP contribution is 2.32. The molecule has 2 aliphatic rings. The van der Waals surface area contributed by atoms with E-state index in [4.69, 9.17) is 4.74 Å². The fraction of sp³-hybridized carbons (Fsp3) is 0.294. The maximum absolute atomic E-state index is 6.07. The first-order chi connectivity index (χ1) is 9.13. The van der Waals surface area contributed by atoms with E-state index < -0.39 is 0 Å². The number of fused-ring (bicyclic) bond motifs is 1. The third kappa shape index (κ3) is 2.30. The molecular weight excluding hydrogens is 234 g/mol. The van der Waals surface area contributed by atoms with Gasteiger partial charge in [-0.05, 0) is 30.1 Å². The average molecular weight is 253 g/mol. The molecule has 0 spiro atoms. The van der Waals surface area contributed by atoms with Gasteiger partial charge in [0.25, 0.3) is 0 Å². The Bertz CT molecular complexity index is 611. The summed E-state index contributed by atoms with van der Waals surface area (Å²) in [6.07, 6.45) is 12.8. The predicted octanol–water partition coefficient (Wildman–Crippen LogP) is 4.56. The van der Waals surface area contributed by atoms with Crippen LogP contribution in [-0.2, 0) is 0 Å². The maximum Gasteiger partial charge on any atom is 0.152 e. The minimum Gasteiger partial charge on any atom is -0.454 e. The van der Waals surface area contributed by atoms with Crippen LogP contribution in [0.5, 0.6) is 5.75 Å². The SMILES string of the molecule is CC1C=CC2=C(C=C1)Oc1cc(C(C)C)[nH]c1C=C2. The normalized spacial score (nSPS) is 20.9. The van der Waals surface area contributed by atoms with E-state index in [2.05, 4.69) is 68.3 Å². The zero-order chi connectivity index (χ0) is 13.4. The summed E-state index contributed by atoms with van der Waals surface area (Å²) >= 11 is 0. The van der Waals surface area contributed by atoms with Crippen LogP contribution in [0.25, 0.3) is 6.08 Å². The van der Waals surface area contributed by atoms with Crippen molar-refractivity contribution < 1.29 is 4.74 Å². The molecule has 1 aromatic rings. The Morgan fingerprint density at radius 1 is 1.11 bits per heavy atom. The van der Waals surface area contributed by atoms with Crippen LogP contribution < -0.4 is 4.74 Å². The van der Waals surface area contributed by atoms with Gasteiger partial charge in [0.1, 0.15) is 5.76 Å². The summed E-state index contributed by atoms with van der Waals surface area (Å²) in [6.45, 7) is 6.52. The van der Waals surface area contributed by atoms with E-state index >= 15 is 0 Å². The number of allylic oxidation sites excluding steroid dienone is 6. The number of hydrogen-bond donors (Lipinski definition) is 1. The molecule has 19 heavy (non-hydrogen) atoms. The number of aromatic nitrogens is 1. The van der Waals surface area contributed by atoms with Crippen molar-refractivity contribution >= 4 is 6.08 Å². The van der Waals surface area contributed by atoms with Crippen LogP contribution in [-0.4, -0.2) is 4.98 Å². The molecule has 3 rings (SSSR count). The average Bonchev–Trinajstić information content (AvgIpc) is 2.60. The topological polar surface area (TPSA) is 25.0 Å². The lowest BCUT2D eigenvalue weighted by Crippen LogP contribution is -1.93. The van der Waals surface area contributed by atoms with E-state index in [-0.39, 0.29) is 0 Å². The first-order valence-electron chi connectivity index (χ1n) is 6.83. The third-order valence-corrected chi connectivity index (χ3v) is 3.52. The minimum atomic E-state index is 0.445. The van der Waals surface area contributed by atoms with E-state index in [0.29, 0.717) is 11.8 Å². The number of nitrogens with one attached hydrogen (secondary N) is 1. The lowest BCUT2D eigenvalue weighted by Gasteiger charge is -2.05. The van der Waals surface area contributed by atoms with Gasteiger partial charge in [-0.3, -0.25) is 0 Å². The number of aromatic amines is 1. The van der Waals surface area contributed by atoms with Gasteiger partial charge in [-0.15, -0.1) is 0 Å². The minimum absolute atomic E-state index is 0.445. The molecule has 0 radical (unpaired) electrons. The second-order valence-corrected chi connectivity index (χ2v) is 5.49. The van der Waals surface area contributed by atoms with Crippen molar-refractivity contribution in [1.29, 1.82) is 0 Å². The Labute approximate surface area is 114 Å². The first-order valence-corrected chi connectivity index (χ1v) is 6.83. The van der Waals surface area contributed by atoms with Crippen LogP contribution in [0.1, 0.15) is 38.1 Å². The second kappa shape index (κ2) is 4.61. The maximum atomic E-state index is 6.07. The summed E-state index contributed by atoms with van der Waals surface area (Å²) in [7, 11) is 0. The van der Waals surface area contributed by atoms with Gasteiger partial charge in [-0.2, -0.15) is 0 Å². The summed E-state index contributed by atoms with van der Waals surface area (Å²) < 4.78 is 6.07. The highest BCUT2D eigenvalue weighted by atomic mass is 16.5. The van der Waals surface area contributed by atoms with E-state index in [1.165, 1.54) is 5.69 Å². The fourth-order valence-electron chi connectivity index (χ4n) is 2.25. The molecule has 1 atom stereocenters. The van der Waals surface area contributed by atoms with E-state index in [9.17, 15) is 0 Å². The van der Waals surface area contributed by atoms with Gasteiger partial charge in [0.15, 0.2) is 5.75 Å². The zero-order valence-electron chi connectivity index (χ0n) is 11.6. The molecule has 1 aromatic heterocycles. The van der Waals surface area contributed by atoms with E-state index in [0.717, 1.165) is 22.8 Å². The molecule has 1 aliphatic heterocycles. The van der Waals surface area contributed by atoms with Gasteiger partial charge < -0.3 is 9.72 Å². The molecule has 1 N–H and O–H groups in total. The quantitative estimate of drug-likeness (QED) is 0.779. The lowest BCUT2D eigenvalue weighted by atomic mass is 10.1. The monoisotopic (exact) mass is 253 g/mol. The Morgan fingerprint density at radius 3 is 2.68 bits per heavy atom. The molecule has 0 fully saturated rings. The smallest absolute Gasteiger partial charge is 0.152 e. The van der Waals surface area contributed by atoms with E-state index in [1.807, 2.05) is 0 Å². The standard InChI is InChI=1S/C17H19NO/c1-11(2)15-10-17-14(18-15)8-7-13-6-4-12(3)5-9-16(13)19-17/h4-12,18H,1-3H3.